The van der Waals surface area contributed by atoms with Crippen molar-refractivity contribution >= 4 is 10.0 Å². The van der Waals surface area contributed by atoms with Gasteiger partial charge >= 0.3 is 0 Å². The van der Waals surface area contributed by atoms with Gasteiger partial charge in [-0.3, -0.25) is 0 Å². The standard InChI is InChI=1S/C17H14F3NO3S/c18-14-5-3-4-13(10-14)12-25(22,23)21-8-1-2-9-24-17-7-6-15(19)11-16(17)20/h3-7,10-11,21H,8-9,12H2. The fraction of sp³-hybridized carbons (Fsp3) is 0.176. The largest absolute Gasteiger partial charge is 0.478 e. The van der Waals surface area contributed by atoms with E-state index in [1.165, 1.54) is 18.2 Å². The van der Waals surface area contributed by atoms with Crippen LogP contribution in [-0.2, 0) is 15.8 Å². The Balaban J connectivity index is 1.79. The summed E-state index contributed by atoms with van der Waals surface area (Å²) < 4.78 is 69.9. The molecule has 132 valence electrons. The van der Waals surface area contributed by atoms with E-state index in [2.05, 4.69) is 16.6 Å². The molecule has 0 unspecified atom stereocenters. The normalized spacial score (nSPS) is 10.8. The average Bonchev–Trinajstić information content (AvgIpc) is 2.52. The molecule has 0 atom stereocenters. The summed E-state index contributed by atoms with van der Waals surface area (Å²) in [7, 11) is -3.66. The van der Waals surface area contributed by atoms with Crippen LogP contribution >= 0.6 is 0 Å². The lowest BCUT2D eigenvalue weighted by atomic mass is 10.2. The first-order valence-corrected chi connectivity index (χ1v) is 8.76. The van der Waals surface area contributed by atoms with Gasteiger partial charge in [0.05, 0.1) is 12.3 Å². The van der Waals surface area contributed by atoms with Crippen molar-refractivity contribution in [3.63, 3.8) is 0 Å². The summed E-state index contributed by atoms with van der Waals surface area (Å²) in [5, 5.41) is 0. The van der Waals surface area contributed by atoms with Crippen LogP contribution in [0.15, 0.2) is 42.5 Å². The molecule has 4 nitrogen and oxygen atoms in total. The minimum absolute atomic E-state index is 0.151. The van der Waals surface area contributed by atoms with Gasteiger partial charge < -0.3 is 4.74 Å². The third-order valence-electron chi connectivity index (χ3n) is 2.94. The maximum absolute atomic E-state index is 13.3. The fourth-order valence-electron chi connectivity index (χ4n) is 1.86. The van der Waals surface area contributed by atoms with Crippen molar-refractivity contribution in [1.29, 1.82) is 0 Å². The second kappa shape index (κ2) is 8.55. The van der Waals surface area contributed by atoms with Gasteiger partial charge in [-0.15, -0.1) is 0 Å². The van der Waals surface area contributed by atoms with Crippen molar-refractivity contribution in [2.75, 3.05) is 13.2 Å². The number of ether oxygens (including phenoxy) is 1. The van der Waals surface area contributed by atoms with E-state index in [0.29, 0.717) is 11.6 Å². The third-order valence-corrected chi connectivity index (χ3v) is 4.24. The summed E-state index contributed by atoms with van der Waals surface area (Å²) in [5.41, 5.74) is 0.315. The van der Waals surface area contributed by atoms with E-state index in [1.807, 2.05) is 0 Å². The highest BCUT2D eigenvalue weighted by Gasteiger charge is 2.10. The van der Waals surface area contributed by atoms with Crippen molar-refractivity contribution in [1.82, 2.24) is 4.72 Å². The molecule has 8 heteroatoms. The van der Waals surface area contributed by atoms with Crippen LogP contribution in [0, 0.1) is 29.3 Å². The Kier molecular flexibility index (Phi) is 6.44. The number of hydrogen-bond acceptors (Lipinski definition) is 3. The zero-order chi connectivity index (χ0) is 18.3. The van der Waals surface area contributed by atoms with Gasteiger partial charge in [-0.25, -0.2) is 26.3 Å². The highest BCUT2D eigenvalue weighted by molar-refractivity contribution is 7.88. The molecule has 2 aromatic carbocycles. The number of rotatable bonds is 6. The molecule has 0 bridgehead atoms. The van der Waals surface area contributed by atoms with Crippen LogP contribution in [0.2, 0.25) is 0 Å². The van der Waals surface area contributed by atoms with Gasteiger partial charge in [-0.2, -0.15) is 0 Å². The van der Waals surface area contributed by atoms with E-state index < -0.39 is 27.5 Å². The Bertz CT molecular complexity index is 905. The SMILES string of the molecule is O=S(=O)(Cc1cccc(F)c1)NCC#CCOc1ccc(F)cc1F. The van der Waals surface area contributed by atoms with Crippen LogP contribution in [0.5, 0.6) is 5.75 Å². The molecule has 0 aromatic heterocycles. The highest BCUT2D eigenvalue weighted by atomic mass is 32.2. The Morgan fingerprint density at radius 2 is 1.76 bits per heavy atom. The van der Waals surface area contributed by atoms with Crippen LogP contribution in [0.3, 0.4) is 0 Å². The molecule has 2 rings (SSSR count). The average molecular weight is 369 g/mol. The lowest BCUT2D eigenvalue weighted by Crippen LogP contribution is -2.25. The number of sulfonamides is 1. The third kappa shape index (κ3) is 6.49. The Morgan fingerprint density at radius 1 is 1.00 bits per heavy atom. The number of nitrogens with one attached hydrogen (secondary N) is 1. The van der Waals surface area contributed by atoms with E-state index in [4.69, 9.17) is 4.74 Å². The van der Waals surface area contributed by atoms with Crippen molar-refractivity contribution in [3.05, 3.63) is 65.5 Å². The molecule has 0 saturated heterocycles. The van der Waals surface area contributed by atoms with Gasteiger partial charge in [-0.05, 0) is 29.8 Å². The van der Waals surface area contributed by atoms with Crippen LogP contribution in [0.25, 0.3) is 0 Å². The highest BCUT2D eigenvalue weighted by Crippen LogP contribution is 2.17. The molecule has 2 aromatic rings. The molecular formula is C17H14F3NO3S. The zero-order valence-electron chi connectivity index (χ0n) is 12.9. The Hall–Kier alpha value is -2.50. The molecule has 0 aliphatic rings. The predicted octanol–water partition coefficient (Wildman–Crippen LogP) is 2.61. The number of benzene rings is 2. The summed E-state index contributed by atoms with van der Waals surface area (Å²) in [4.78, 5) is 0. The number of halogens is 3. The summed E-state index contributed by atoms with van der Waals surface area (Å²) >= 11 is 0. The van der Waals surface area contributed by atoms with Crippen LogP contribution < -0.4 is 9.46 Å². The van der Waals surface area contributed by atoms with Crippen LogP contribution in [0.1, 0.15) is 5.56 Å². The summed E-state index contributed by atoms with van der Waals surface area (Å²) in [6.07, 6.45) is 0. The quantitative estimate of drug-likeness (QED) is 0.797. The molecule has 0 aliphatic carbocycles. The fourth-order valence-corrected chi connectivity index (χ4v) is 2.88. The smallest absolute Gasteiger partial charge is 0.216 e. The van der Waals surface area contributed by atoms with Gasteiger partial charge in [0, 0.05) is 6.07 Å². The van der Waals surface area contributed by atoms with Gasteiger partial charge in [0.1, 0.15) is 18.2 Å². The van der Waals surface area contributed by atoms with E-state index in [-0.39, 0.29) is 24.7 Å². The van der Waals surface area contributed by atoms with Crippen molar-refractivity contribution < 1.29 is 26.3 Å². The van der Waals surface area contributed by atoms with E-state index in [1.54, 1.807) is 0 Å². The molecule has 0 fully saturated rings. The minimum atomic E-state index is -3.66. The molecule has 1 N–H and O–H groups in total. The molecule has 0 spiro atoms. The summed E-state index contributed by atoms with van der Waals surface area (Å²) in [5.74, 6) is 2.40. The van der Waals surface area contributed by atoms with E-state index in [0.717, 1.165) is 18.2 Å². The molecule has 0 radical (unpaired) electrons. The first kappa shape index (κ1) is 18.8. The van der Waals surface area contributed by atoms with Gasteiger partial charge in [0.15, 0.2) is 11.6 Å². The Labute approximate surface area is 143 Å². The molecule has 0 saturated carbocycles. The zero-order valence-corrected chi connectivity index (χ0v) is 13.7. The summed E-state index contributed by atoms with van der Waals surface area (Å²) in [6, 6.07) is 8.14. The van der Waals surface area contributed by atoms with Crippen LogP contribution in [-0.4, -0.2) is 21.6 Å². The first-order valence-electron chi connectivity index (χ1n) is 7.11. The van der Waals surface area contributed by atoms with Crippen molar-refractivity contribution in [3.8, 4) is 17.6 Å². The van der Waals surface area contributed by atoms with Crippen LogP contribution in [0.4, 0.5) is 13.2 Å². The maximum atomic E-state index is 13.3. The lowest BCUT2D eigenvalue weighted by Gasteiger charge is -2.04. The molecule has 25 heavy (non-hydrogen) atoms. The van der Waals surface area contributed by atoms with Crippen molar-refractivity contribution in [2.24, 2.45) is 0 Å². The maximum Gasteiger partial charge on any atom is 0.216 e. The van der Waals surface area contributed by atoms with Gasteiger partial charge in [-0.1, -0.05) is 24.0 Å². The molecule has 0 amide bonds. The van der Waals surface area contributed by atoms with E-state index >= 15 is 0 Å². The number of hydrogen-bond donors (Lipinski definition) is 1. The predicted molar refractivity (Wildman–Crippen MR) is 86.7 cm³/mol. The van der Waals surface area contributed by atoms with Gasteiger partial charge in [0.25, 0.3) is 0 Å². The molecular weight excluding hydrogens is 355 g/mol. The second-order valence-electron chi connectivity index (χ2n) is 4.93. The molecule has 0 heterocycles. The monoisotopic (exact) mass is 369 g/mol. The minimum Gasteiger partial charge on any atom is -0.478 e. The lowest BCUT2D eigenvalue weighted by molar-refractivity contribution is 0.346. The van der Waals surface area contributed by atoms with E-state index in [9.17, 15) is 21.6 Å². The van der Waals surface area contributed by atoms with Gasteiger partial charge in [0.2, 0.25) is 10.0 Å². The van der Waals surface area contributed by atoms with Crippen molar-refractivity contribution in [2.45, 2.75) is 5.75 Å². The first-order chi connectivity index (χ1) is 11.9. The Morgan fingerprint density at radius 3 is 2.48 bits per heavy atom. The second-order valence-corrected chi connectivity index (χ2v) is 6.73. The topological polar surface area (TPSA) is 55.4 Å². The molecule has 0 aliphatic heterocycles. The summed E-state index contributed by atoms with van der Waals surface area (Å²) in [6.45, 7) is -0.360.